The van der Waals surface area contributed by atoms with E-state index in [1.165, 1.54) is 13.3 Å². The average molecular weight is 469 g/mol. The van der Waals surface area contributed by atoms with Crippen LogP contribution < -0.4 is 10.6 Å². The Bertz CT molecular complexity index is 1220. The molecule has 0 unspecified atom stereocenters. The van der Waals surface area contributed by atoms with Gasteiger partial charge in [-0.1, -0.05) is 6.07 Å². The van der Waals surface area contributed by atoms with Gasteiger partial charge in [0.25, 0.3) is 11.8 Å². The molecule has 0 bridgehead atoms. The van der Waals surface area contributed by atoms with Crippen LogP contribution in [0.5, 0.6) is 0 Å². The first kappa shape index (κ1) is 22.2. The maximum atomic E-state index is 13.5. The lowest BCUT2D eigenvalue weighted by molar-refractivity contribution is -0.142. The third-order valence-electron chi connectivity index (χ3n) is 6.64. The molecule has 2 aromatic heterocycles. The van der Waals surface area contributed by atoms with Gasteiger partial charge in [0.2, 0.25) is 0 Å². The van der Waals surface area contributed by atoms with E-state index in [1.54, 1.807) is 12.4 Å². The number of aromatic nitrogens is 3. The summed E-state index contributed by atoms with van der Waals surface area (Å²) in [6.45, 7) is 0. The molecule has 2 fully saturated rings. The first-order valence-corrected chi connectivity index (χ1v) is 11.3. The summed E-state index contributed by atoms with van der Waals surface area (Å²) in [7, 11) is 1.36. The number of aromatic amines is 1. The molecule has 10 heteroatoms. The second kappa shape index (κ2) is 8.66. The Kier molecular flexibility index (Phi) is 5.66. The van der Waals surface area contributed by atoms with Crippen molar-refractivity contribution in [2.24, 2.45) is 5.92 Å². The predicted molar refractivity (Wildman–Crippen MR) is 122 cm³/mol. The van der Waals surface area contributed by atoms with E-state index >= 15 is 0 Å². The predicted octanol–water partition coefficient (Wildman–Crippen LogP) is 3.91. The molecule has 8 nitrogen and oxygen atoms in total. The first-order chi connectivity index (χ1) is 16.3. The number of carbonyl (C=O) groups excluding carboxylic acids is 2. The van der Waals surface area contributed by atoms with Gasteiger partial charge < -0.3 is 15.4 Å². The SMILES string of the molecule is COC(=O)CC1CC(NC(=O)c2cnc3ccc(-c4cn[nH]c4)cc3c2NC2CC(F)(F)C2)C1. The van der Waals surface area contributed by atoms with Crippen molar-refractivity contribution in [3.05, 3.63) is 42.4 Å². The molecule has 2 heterocycles. The molecule has 34 heavy (non-hydrogen) atoms. The number of halogens is 2. The van der Waals surface area contributed by atoms with E-state index in [1.807, 2.05) is 18.2 Å². The van der Waals surface area contributed by atoms with Gasteiger partial charge in [0.05, 0.1) is 30.1 Å². The Morgan fingerprint density at radius 2 is 1.97 bits per heavy atom. The number of esters is 1. The van der Waals surface area contributed by atoms with Gasteiger partial charge >= 0.3 is 5.97 Å². The van der Waals surface area contributed by atoms with Crippen LogP contribution in [-0.4, -0.2) is 52.2 Å². The molecule has 0 radical (unpaired) electrons. The summed E-state index contributed by atoms with van der Waals surface area (Å²) >= 11 is 0. The molecule has 3 aromatic rings. The maximum Gasteiger partial charge on any atom is 0.305 e. The molecule has 178 valence electrons. The monoisotopic (exact) mass is 469 g/mol. The zero-order chi connectivity index (χ0) is 23.9. The summed E-state index contributed by atoms with van der Waals surface area (Å²) in [6, 6.07) is 5.13. The number of fused-ring (bicyclic) bond motifs is 1. The number of hydrogen-bond donors (Lipinski definition) is 3. The summed E-state index contributed by atoms with van der Waals surface area (Å²) < 4.78 is 31.7. The van der Waals surface area contributed by atoms with E-state index in [2.05, 4.69) is 25.8 Å². The van der Waals surface area contributed by atoms with Gasteiger partial charge in [-0.3, -0.25) is 19.7 Å². The molecular formula is C24H25F2N5O3. The van der Waals surface area contributed by atoms with Crippen LogP contribution in [0.15, 0.2) is 36.8 Å². The smallest absolute Gasteiger partial charge is 0.305 e. The Morgan fingerprint density at radius 1 is 1.18 bits per heavy atom. The molecule has 0 spiro atoms. The van der Waals surface area contributed by atoms with Gasteiger partial charge in [-0.15, -0.1) is 0 Å². The summed E-state index contributed by atoms with van der Waals surface area (Å²) in [6.07, 6.45) is 6.07. The number of alkyl halides is 2. The van der Waals surface area contributed by atoms with Gasteiger partial charge in [0.15, 0.2) is 0 Å². The number of rotatable bonds is 7. The van der Waals surface area contributed by atoms with Crippen molar-refractivity contribution in [2.75, 3.05) is 12.4 Å². The number of pyridine rings is 1. The highest BCUT2D eigenvalue weighted by Gasteiger charge is 2.45. The third-order valence-corrected chi connectivity index (χ3v) is 6.64. The van der Waals surface area contributed by atoms with Gasteiger partial charge in [-0.05, 0) is 36.5 Å². The molecule has 5 rings (SSSR count). The lowest BCUT2D eigenvalue weighted by Crippen LogP contribution is -2.46. The minimum Gasteiger partial charge on any atom is -0.469 e. The van der Waals surface area contributed by atoms with Crippen molar-refractivity contribution < 1.29 is 23.1 Å². The lowest BCUT2D eigenvalue weighted by atomic mass is 9.78. The summed E-state index contributed by atoms with van der Waals surface area (Å²) in [5.41, 5.74) is 3.19. The fourth-order valence-electron chi connectivity index (χ4n) is 4.68. The summed E-state index contributed by atoms with van der Waals surface area (Å²) in [5.74, 6) is -3.09. The van der Waals surface area contributed by atoms with Crippen LogP contribution in [0.3, 0.4) is 0 Å². The number of nitrogens with one attached hydrogen (secondary N) is 3. The standard InChI is InChI=1S/C24H25F2N5O3/c1-34-21(32)6-13-4-16(5-13)31-23(33)19-12-27-20-3-2-14(15-10-28-29-11-15)7-18(20)22(19)30-17-8-24(25,26)9-17/h2-3,7,10-13,16-17H,4-6,8-9H2,1H3,(H,27,30)(H,28,29)(H,31,33). The number of anilines is 1. The summed E-state index contributed by atoms with van der Waals surface area (Å²) in [5, 5.41) is 13.6. The van der Waals surface area contributed by atoms with Crippen molar-refractivity contribution in [2.45, 2.75) is 50.1 Å². The molecule has 0 saturated heterocycles. The van der Waals surface area contributed by atoms with Crippen LogP contribution in [-0.2, 0) is 9.53 Å². The zero-order valence-corrected chi connectivity index (χ0v) is 18.6. The Hall–Kier alpha value is -3.56. The van der Waals surface area contributed by atoms with Crippen LogP contribution in [0.1, 0.15) is 42.5 Å². The minimum absolute atomic E-state index is 0.0593. The molecule has 2 saturated carbocycles. The number of H-pyrrole nitrogens is 1. The summed E-state index contributed by atoms with van der Waals surface area (Å²) in [4.78, 5) is 29.1. The van der Waals surface area contributed by atoms with Crippen LogP contribution in [0.4, 0.5) is 14.5 Å². The van der Waals surface area contributed by atoms with E-state index in [9.17, 15) is 18.4 Å². The molecule has 2 aliphatic rings. The Labute approximate surface area is 194 Å². The highest BCUT2D eigenvalue weighted by atomic mass is 19.3. The number of benzene rings is 1. The number of ether oxygens (including phenoxy) is 1. The zero-order valence-electron chi connectivity index (χ0n) is 18.6. The molecule has 3 N–H and O–H groups in total. The lowest BCUT2D eigenvalue weighted by Gasteiger charge is -2.37. The fraction of sp³-hybridized carbons (Fsp3) is 0.417. The van der Waals surface area contributed by atoms with Crippen LogP contribution in [0, 0.1) is 5.92 Å². The topological polar surface area (TPSA) is 109 Å². The molecule has 1 amide bonds. The quantitative estimate of drug-likeness (QED) is 0.453. The van der Waals surface area contributed by atoms with Crippen molar-refractivity contribution in [1.82, 2.24) is 20.5 Å². The number of carbonyl (C=O) groups is 2. The molecular weight excluding hydrogens is 444 g/mol. The van der Waals surface area contributed by atoms with Crippen molar-refractivity contribution in [3.8, 4) is 11.1 Å². The third kappa shape index (κ3) is 4.44. The number of methoxy groups -OCH3 is 1. The minimum atomic E-state index is -2.69. The van der Waals surface area contributed by atoms with Gasteiger partial charge in [-0.2, -0.15) is 5.10 Å². The normalized spacial score (nSPS) is 21.4. The largest absolute Gasteiger partial charge is 0.469 e. The molecule has 0 atom stereocenters. The van der Waals surface area contributed by atoms with Crippen molar-refractivity contribution in [3.63, 3.8) is 0 Å². The molecule has 1 aromatic carbocycles. The van der Waals surface area contributed by atoms with E-state index in [-0.39, 0.29) is 36.7 Å². The first-order valence-electron chi connectivity index (χ1n) is 11.3. The van der Waals surface area contributed by atoms with Gasteiger partial charge in [0.1, 0.15) is 0 Å². The average Bonchev–Trinajstić information content (AvgIpc) is 3.31. The maximum absolute atomic E-state index is 13.5. The van der Waals surface area contributed by atoms with Crippen LogP contribution in [0.25, 0.3) is 22.0 Å². The van der Waals surface area contributed by atoms with E-state index in [0.29, 0.717) is 41.4 Å². The Morgan fingerprint density at radius 3 is 2.65 bits per heavy atom. The van der Waals surface area contributed by atoms with Crippen molar-refractivity contribution in [1.29, 1.82) is 0 Å². The van der Waals surface area contributed by atoms with Gasteiger partial charge in [-0.25, -0.2) is 8.78 Å². The molecule has 0 aliphatic heterocycles. The second-order valence-corrected chi connectivity index (χ2v) is 9.16. The van der Waals surface area contributed by atoms with E-state index < -0.39 is 12.0 Å². The van der Waals surface area contributed by atoms with Crippen molar-refractivity contribution >= 4 is 28.5 Å². The number of amides is 1. The van der Waals surface area contributed by atoms with E-state index in [0.717, 1.165) is 11.1 Å². The van der Waals surface area contributed by atoms with Gasteiger partial charge in [0, 0.05) is 54.7 Å². The number of nitrogens with zero attached hydrogens (tertiary/aromatic N) is 2. The molecule has 2 aliphatic carbocycles. The van der Waals surface area contributed by atoms with E-state index in [4.69, 9.17) is 4.74 Å². The fourth-order valence-corrected chi connectivity index (χ4v) is 4.68. The Balaban J connectivity index is 1.41. The second-order valence-electron chi connectivity index (χ2n) is 9.16. The highest BCUT2D eigenvalue weighted by Crippen LogP contribution is 2.41. The van der Waals surface area contributed by atoms with Crippen LogP contribution >= 0.6 is 0 Å². The highest BCUT2D eigenvalue weighted by molar-refractivity contribution is 6.08. The van der Waals surface area contributed by atoms with Crippen LogP contribution in [0.2, 0.25) is 0 Å². The number of hydrogen-bond acceptors (Lipinski definition) is 6.